The van der Waals surface area contributed by atoms with E-state index in [0.29, 0.717) is 5.76 Å². The van der Waals surface area contributed by atoms with E-state index >= 15 is 0 Å². The van der Waals surface area contributed by atoms with E-state index in [9.17, 15) is 0 Å². The summed E-state index contributed by atoms with van der Waals surface area (Å²) < 4.78 is 11.5. The molecule has 2 aliphatic heterocycles. The van der Waals surface area contributed by atoms with Gasteiger partial charge in [-0.25, -0.2) is 4.98 Å². The molecule has 0 N–H and O–H groups in total. The Labute approximate surface area is 114 Å². The molecule has 2 saturated heterocycles. The Balaban J connectivity index is 1.74. The second-order valence-corrected chi connectivity index (χ2v) is 5.65. The van der Waals surface area contributed by atoms with Crippen LogP contribution in [0.2, 0.25) is 0 Å². The molecule has 3 rings (SSSR count). The first-order valence-electron chi connectivity index (χ1n) is 6.81. The van der Waals surface area contributed by atoms with Crippen molar-refractivity contribution < 1.29 is 9.31 Å². The van der Waals surface area contributed by atoms with Crippen molar-refractivity contribution in [1.82, 2.24) is 4.98 Å². The van der Waals surface area contributed by atoms with Crippen molar-refractivity contribution in [2.24, 2.45) is 0 Å². The van der Waals surface area contributed by atoms with Crippen molar-refractivity contribution in [2.75, 3.05) is 18.0 Å². The zero-order valence-electron chi connectivity index (χ0n) is 11.6. The van der Waals surface area contributed by atoms with Gasteiger partial charge in [0, 0.05) is 24.7 Å². The highest BCUT2D eigenvalue weighted by atomic mass is 16.7. The van der Waals surface area contributed by atoms with E-state index in [1.807, 2.05) is 32.2 Å². The van der Waals surface area contributed by atoms with Gasteiger partial charge in [-0.2, -0.15) is 0 Å². The van der Waals surface area contributed by atoms with Gasteiger partial charge < -0.3 is 14.2 Å². The van der Waals surface area contributed by atoms with Crippen LogP contribution in [0.15, 0.2) is 30.7 Å². The highest BCUT2D eigenvalue weighted by molar-refractivity contribution is 6.62. The van der Waals surface area contributed by atoms with Gasteiger partial charge in [0.1, 0.15) is 11.4 Å². The average Bonchev–Trinajstić information content (AvgIpc) is 2.99. The lowest BCUT2D eigenvalue weighted by molar-refractivity contribution is 0.173. The summed E-state index contributed by atoms with van der Waals surface area (Å²) in [7, 11) is -0.386. The van der Waals surface area contributed by atoms with Crippen LogP contribution in [0.1, 0.15) is 26.7 Å². The summed E-state index contributed by atoms with van der Waals surface area (Å²) in [6.45, 7) is 10.0. The summed E-state index contributed by atoms with van der Waals surface area (Å²) in [6.07, 6.45) is 4.35. The van der Waals surface area contributed by atoms with Gasteiger partial charge in [0.2, 0.25) is 0 Å². The number of pyridine rings is 1. The minimum atomic E-state index is -0.432. The van der Waals surface area contributed by atoms with Crippen LogP contribution in [-0.2, 0) is 9.31 Å². The van der Waals surface area contributed by atoms with Gasteiger partial charge in [-0.1, -0.05) is 12.6 Å². The van der Waals surface area contributed by atoms with Crippen molar-refractivity contribution in [3.8, 4) is 0 Å². The molecule has 2 fully saturated rings. The Morgan fingerprint density at radius 2 is 2.05 bits per heavy atom. The lowest BCUT2D eigenvalue weighted by Crippen LogP contribution is -2.35. The van der Waals surface area contributed by atoms with Crippen LogP contribution in [0.25, 0.3) is 0 Å². The van der Waals surface area contributed by atoms with Crippen molar-refractivity contribution in [1.29, 1.82) is 0 Å². The third kappa shape index (κ3) is 2.35. The van der Waals surface area contributed by atoms with E-state index < -0.39 is 5.60 Å². The van der Waals surface area contributed by atoms with Gasteiger partial charge in [-0.15, -0.1) is 0 Å². The monoisotopic (exact) mass is 258 g/mol. The molecule has 0 aromatic carbocycles. The third-order valence-electron chi connectivity index (χ3n) is 3.80. The molecular weight excluding hydrogens is 239 g/mol. The first-order chi connectivity index (χ1) is 9.06. The lowest BCUT2D eigenvalue weighted by Gasteiger charge is -2.17. The molecule has 0 bridgehead atoms. The van der Waals surface area contributed by atoms with Gasteiger partial charge in [-0.3, -0.25) is 0 Å². The maximum absolute atomic E-state index is 5.84. The quantitative estimate of drug-likeness (QED) is 0.756. The van der Waals surface area contributed by atoms with E-state index in [1.54, 1.807) is 0 Å². The molecule has 0 spiro atoms. The summed E-state index contributed by atoms with van der Waals surface area (Å²) in [6, 6.07) is 4.07. The van der Waals surface area contributed by atoms with Crippen molar-refractivity contribution in [2.45, 2.75) is 32.3 Å². The second-order valence-electron chi connectivity index (χ2n) is 5.65. The largest absolute Gasteiger partial charge is 0.564 e. The fourth-order valence-corrected chi connectivity index (χ4v) is 2.43. The fraction of sp³-hybridized carbons (Fsp3) is 0.500. The minimum Gasteiger partial charge on any atom is -0.534 e. The van der Waals surface area contributed by atoms with E-state index in [-0.39, 0.29) is 7.12 Å². The third-order valence-corrected chi connectivity index (χ3v) is 3.80. The summed E-state index contributed by atoms with van der Waals surface area (Å²) >= 11 is 0. The first kappa shape index (κ1) is 12.5. The van der Waals surface area contributed by atoms with Crippen molar-refractivity contribution in [3.05, 3.63) is 30.7 Å². The van der Waals surface area contributed by atoms with Crippen LogP contribution in [-0.4, -0.2) is 30.8 Å². The topological polar surface area (TPSA) is 34.6 Å². The summed E-state index contributed by atoms with van der Waals surface area (Å²) in [4.78, 5) is 6.82. The van der Waals surface area contributed by atoms with E-state index in [2.05, 4.69) is 16.5 Å². The number of hydrogen-bond acceptors (Lipinski definition) is 4. The summed E-state index contributed by atoms with van der Waals surface area (Å²) in [5.74, 6) is 1.71. The predicted octanol–water partition coefficient (Wildman–Crippen LogP) is 1.72. The normalized spacial score (nSPS) is 21.9. The van der Waals surface area contributed by atoms with Gasteiger partial charge in [0.15, 0.2) is 0 Å². The van der Waals surface area contributed by atoms with E-state index in [4.69, 9.17) is 9.31 Å². The fourth-order valence-electron chi connectivity index (χ4n) is 2.43. The zero-order valence-corrected chi connectivity index (χ0v) is 11.6. The highest BCUT2D eigenvalue weighted by Gasteiger charge is 2.42. The van der Waals surface area contributed by atoms with Crippen LogP contribution < -0.4 is 10.4 Å². The minimum absolute atomic E-state index is 0.386. The van der Waals surface area contributed by atoms with Gasteiger partial charge in [0.05, 0.1) is 5.76 Å². The SMILES string of the molecule is C=C1OB(c2ccc(N3CCCC3)nc2)OC1(C)C. The number of anilines is 1. The summed E-state index contributed by atoms with van der Waals surface area (Å²) in [5.41, 5.74) is 0.507. The molecule has 1 aromatic heterocycles. The standard InChI is InChI=1S/C14H19BN2O2/c1-11-14(2,3)19-15(18-11)12-6-7-13(16-10-12)17-8-4-5-9-17/h6-7,10H,1,4-5,8-9H2,2-3H3. The van der Waals surface area contributed by atoms with E-state index in [1.165, 1.54) is 12.8 Å². The van der Waals surface area contributed by atoms with Crippen LogP contribution in [0.3, 0.4) is 0 Å². The average molecular weight is 258 g/mol. The number of hydrogen-bond donors (Lipinski definition) is 0. The molecule has 0 aliphatic carbocycles. The molecule has 0 unspecified atom stereocenters. The predicted molar refractivity (Wildman–Crippen MR) is 76.5 cm³/mol. The Hall–Kier alpha value is -1.49. The number of nitrogens with zero attached hydrogens (tertiary/aromatic N) is 2. The molecule has 5 heteroatoms. The molecule has 0 atom stereocenters. The Kier molecular flexibility index (Phi) is 3.01. The van der Waals surface area contributed by atoms with Crippen molar-refractivity contribution in [3.63, 3.8) is 0 Å². The first-order valence-corrected chi connectivity index (χ1v) is 6.81. The van der Waals surface area contributed by atoms with E-state index in [0.717, 1.165) is 24.4 Å². The molecule has 0 amide bonds. The maximum atomic E-state index is 5.84. The Morgan fingerprint density at radius 3 is 2.58 bits per heavy atom. The van der Waals surface area contributed by atoms with Crippen molar-refractivity contribution >= 4 is 18.4 Å². The lowest BCUT2D eigenvalue weighted by atomic mass is 9.80. The maximum Gasteiger partial charge on any atom is 0.564 e. The van der Waals surface area contributed by atoms with Gasteiger partial charge in [-0.05, 0) is 32.8 Å². The molecule has 19 heavy (non-hydrogen) atoms. The molecule has 0 radical (unpaired) electrons. The second kappa shape index (κ2) is 4.56. The molecular formula is C14H19BN2O2. The van der Waals surface area contributed by atoms with Crippen LogP contribution in [0, 0.1) is 0 Å². The highest BCUT2D eigenvalue weighted by Crippen LogP contribution is 2.29. The number of aromatic nitrogens is 1. The Bertz CT molecular complexity index is 481. The number of rotatable bonds is 2. The zero-order chi connectivity index (χ0) is 13.5. The van der Waals surface area contributed by atoms with Gasteiger partial charge >= 0.3 is 7.12 Å². The molecule has 1 aromatic rings. The van der Waals surface area contributed by atoms with Crippen LogP contribution in [0.5, 0.6) is 0 Å². The Morgan fingerprint density at radius 1 is 1.32 bits per heavy atom. The molecule has 100 valence electrons. The molecule has 0 saturated carbocycles. The smallest absolute Gasteiger partial charge is 0.534 e. The van der Waals surface area contributed by atoms with Crippen LogP contribution in [0.4, 0.5) is 5.82 Å². The molecule has 4 nitrogen and oxygen atoms in total. The molecule has 2 aliphatic rings. The summed E-state index contributed by atoms with van der Waals surface area (Å²) in [5, 5.41) is 0. The van der Waals surface area contributed by atoms with Gasteiger partial charge in [0.25, 0.3) is 0 Å². The molecule has 3 heterocycles. The van der Waals surface area contributed by atoms with Crippen LogP contribution >= 0.6 is 0 Å².